The third-order valence-corrected chi connectivity index (χ3v) is 4.48. The molecule has 3 rings (SSSR count). The van der Waals surface area contributed by atoms with Gasteiger partial charge >= 0.3 is 6.18 Å². The monoisotopic (exact) mass is 365 g/mol. The lowest BCUT2D eigenvalue weighted by atomic mass is 10.1. The predicted octanol–water partition coefficient (Wildman–Crippen LogP) is 2.88. The molecule has 0 aliphatic carbocycles. The van der Waals surface area contributed by atoms with Crippen molar-refractivity contribution in [1.82, 2.24) is 14.9 Å². The molecular weight excluding hydrogens is 343 g/mol. The summed E-state index contributed by atoms with van der Waals surface area (Å²) in [6.07, 6.45) is -2.72. The van der Waals surface area contributed by atoms with E-state index in [0.29, 0.717) is 6.54 Å². The zero-order valence-electron chi connectivity index (χ0n) is 14.9. The molecule has 1 aromatic heterocycles. The molecule has 0 saturated carbocycles. The highest BCUT2D eigenvalue weighted by molar-refractivity contribution is 5.49. The second-order valence-corrected chi connectivity index (χ2v) is 6.59. The van der Waals surface area contributed by atoms with Gasteiger partial charge in [0, 0.05) is 52.9 Å². The molecule has 1 aliphatic rings. The standard InChI is InChI=1S/C18H22F3N5/c1-24(2)16-11-17(23-13-22-16)26-9-7-25(8-10-26)12-14-3-5-15(6-4-14)18(19,20)21/h3-6,11,13H,7-10,12H2,1-2H3. The normalized spacial score (nSPS) is 16.0. The number of alkyl halides is 3. The summed E-state index contributed by atoms with van der Waals surface area (Å²) < 4.78 is 37.9. The van der Waals surface area contributed by atoms with Gasteiger partial charge < -0.3 is 9.80 Å². The molecule has 0 radical (unpaired) electrons. The van der Waals surface area contributed by atoms with Gasteiger partial charge in [0.15, 0.2) is 0 Å². The lowest BCUT2D eigenvalue weighted by Crippen LogP contribution is -2.46. The van der Waals surface area contributed by atoms with Crippen LogP contribution in [0.2, 0.25) is 0 Å². The van der Waals surface area contributed by atoms with Gasteiger partial charge in [0.2, 0.25) is 0 Å². The quantitative estimate of drug-likeness (QED) is 0.833. The van der Waals surface area contributed by atoms with Crippen LogP contribution in [-0.2, 0) is 12.7 Å². The van der Waals surface area contributed by atoms with Gasteiger partial charge in [-0.1, -0.05) is 12.1 Å². The SMILES string of the molecule is CN(C)c1cc(N2CCN(Cc3ccc(C(F)(F)F)cc3)CC2)ncn1. The molecule has 5 nitrogen and oxygen atoms in total. The van der Waals surface area contributed by atoms with Crippen LogP contribution in [0.1, 0.15) is 11.1 Å². The van der Waals surface area contributed by atoms with E-state index in [9.17, 15) is 13.2 Å². The van der Waals surface area contributed by atoms with Crippen LogP contribution in [-0.4, -0.2) is 55.1 Å². The second-order valence-electron chi connectivity index (χ2n) is 6.59. The van der Waals surface area contributed by atoms with Gasteiger partial charge in [-0.05, 0) is 17.7 Å². The maximum Gasteiger partial charge on any atom is 0.416 e. The van der Waals surface area contributed by atoms with Gasteiger partial charge in [-0.3, -0.25) is 4.90 Å². The number of halogens is 3. The number of anilines is 2. The maximum absolute atomic E-state index is 12.6. The largest absolute Gasteiger partial charge is 0.416 e. The Balaban J connectivity index is 1.56. The summed E-state index contributed by atoms with van der Waals surface area (Å²) in [5.74, 6) is 1.76. The Kier molecular flexibility index (Phi) is 5.31. The minimum Gasteiger partial charge on any atom is -0.363 e. The van der Waals surface area contributed by atoms with Crippen LogP contribution in [0.5, 0.6) is 0 Å². The van der Waals surface area contributed by atoms with Gasteiger partial charge in [0.25, 0.3) is 0 Å². The zero-order valence-corrected chi connectivity index (χ0v) is 14.9. The van der Waals surface area contributed by atoms with E-state index in [-0.39, 0.29) is 0 Å². The van der Waals surface area contributed by atoms with Crippen LogP contribution in [0, 0.1) is 0 Å². The molecular formula is C18H22F3N5. The van der Waals surface area contributed by atoms with E-state index >= 15 is 0 Å². The van der Waals surface area contributed by atoms with Gasteiger partial charge in [0.05, 0.1) is 5.56 Å². The summed E-state index contributed by atoms with van der Waals surface area (Å²) in [7, 11) is 3.88. The number of aromatic nitrogens is 2. The maximum atomic E-state index is 12.6. The summed E-state index contributed by atoms with van der Waals surface area (Å²) in [5, 5.41) is 0. The first-order valence-electron chi connectivity index (χ1n) is 8.46. The van der Waals surface area contributed by atoms with Crippen molar-refractivity contribution >= 4 is 11.6 Å². The molecule has 0 unspecified atom stereocenters. The smallest absolute Gasteiger partial charge is 0.363 e. The van der Waals surface area contributed by atoms with Crippen molar-refractivity contribution < 1.29 is 13.2 Å². The van der Waals surface area contributed by atoms with E-state index < -0.39 is 11.7 Å². The van der Waals surface area contributed by atoms with Gasteiger partial charge in [0.1, 0.15) is 18.0 Å². The lowest BCUT2D eigenvalue weighted by molar-refractivity contribution is -0.137. The number of hydrogen-bond acceptors (Lipinski definition) is 5. The van der Waals surface area contributed by atoms with Crippen molar-refractivity contribution in [2.45, 2.75) is 12.7 Å². The third kappa shape index (κ3) is 4.43. The summed E-state index contributed by atoms with van der Waals surface area (Å²) in [6.45, 7) is 3.97. The molecule has 2 aromatic rings. The molecule has 0 amide bonds. The third-order valence-electron chi connectivity index (χ3n) is 4.48. The average molecular weight is 365 g/mol. The van der Waals surface area contributed by atoms with E-state index in [4.69, 9.17) is 0 Å². The van der Waals surface area contributed by atoms with Crippen molar-refractivity contribution in [3.05, 3.63) is 47.8 Å². The zero-order chi connectivity index (χ0) is 18.7. The predicted molar refractivity (Wildman–Crippen MR) is 95.3 cm³/mol. The van der Waals surface area contributed by atoms with Gasteiger partial charge in [-0.15, -0.1) is 0 Å². The van der Waals surface area contributed by atoms with Crippen molar-refractivity contribution in [1.29, 1.82) is 0 Å². The summed E-state index contributed by atoms with van der Waals surface area (Å²) >= 11 is 0. The van der Waals surface area contributed by atoms with E-state index in [0.717, 1.165) is 55.5 Å². The van der Waals surface area contributed by atoms with Crippen LogP contribution in [0.25, 0.3) is 0 Å². The van der Waals surface area contributed by atoms with E-state index in [1.165, 1.54) is 0 Å². The molecule has 0 N–H and O–H groups in total. The Labute approximate surface area is 151 Å². The minimum absolute atomic E-state index is 0.605. The van der Waals surface area contributed by atoms with E-state index in [1.807, 2.05) is 25.1 Å². The summed E-state index contributed by atoms with van der Waals surface area (Å²) in [6, 6.07) is 7.38. The molecule has 0 bridgehead atoms. The molecule has 1 aromatic carbocycles. The average Bonchev–Trinajstić information content (AvgIpc) is 2.62. The van der Waals surface area contributed by atoms with E-state index in [2.05, 4.69) is 19.8 Å². The Morgan fingerprint density at radius 2 is 1.65 bits per heavy atom. The van der Waals surface area contributed by atoms with Crippen molar-refractivity contribution in [2.24, 2.45) is 0 Å². The highest BCUT2D eigenvalue weighted by Crippen LogP contribution is 2.29. The summed E-state index contributed by atoms with van der Waals surface area (Å²) in [5.41, 5.74) is 0.287. The van der Waals surface area contributed by atoms with Crippen LogP contribution in [0.4, 0.5) is 24.8 Å². The van der Waals surface area contributed by atoms with Crippen LogP contribution < -0.4 is 9.80 Å². The molecule has 140 valence electrons. The fraction of sp³-hybridized carbons (Fsp3) is 0.444. The molecule has 0 atom stereocenters. The van der Waals surface area contributed by atoms with Crippen molar-refractivity contribution in [2.75, 3.05) is 50.1 Å². The molecule has 1 aliphatic heterocycles. The van der Waals surface area contributed by atoms with Crippen molar-refractivity contribution in [3.63, 3.8) is 0 Å². The summed E-state index contributed by atoms with van der Waals surface area (Å²) in [4.78, 5) is 15.0. The highest BCUT2D eigenvalue weighted by Gasteiger charge is 2.30. The Morgan fingerprint density at radius 1 is 1.00 bits per heavy atom. The molecule has 1 saturated heterocycles. The second kappa shape index (κ2) is 7.49. The lowest BCUT2D eigenvalue weighted by Gasteiger charge is -2.35. The Morgan fingerprint density at radius 3 is 2.23 bits per heavy atom. The first-order chi connectivity index (χ1) is 12.3. The Bertz CT molecular complexity index is 722. The number of hydrogen-bond donors (Lipinski definition) is 0. The van der Waals surface area contributed by atoms with Gasteiger partial charge in [-0.25, -0.2) is 9.97 Å². The van der Waals surface area contributed by atoms with Crippen LogP contribution >= 0.6 is 0 Å². The minimum atomic E-state index is -4.28. The molecule has 8 heteroatoms. The first kappa shape index (κ1) is 18.4. The number of nitrogens with zero attached hydrogens (tertiary/aromatic N) is 5. The van der Waals surface area contributed by atoms with Crippen LogP contribution in [0.15, 0.2) is 36.7 Å². The topological polar surface area (TPSA) is 35.5 Å². The number of piperazine rings is 1. The molecule has 26 heavy (non-hydrogen) atoms. The van der Waals surface area contributed by atoms with Gasteiger partial charge in [-0.2, -0.15) is 13.2 Å². The highest BCUT2D eigenvalue weighted by atomic mass is 19.4. The molecule has 1 fully saturated rings. The number of benzene rings is 1. The van der Waals surface area contributed by atoms with Crippen molar-refractivity contribution in [3.8, 4) is 0 Å². The number of rotatable bonds is 4. The fourth-order valence-electron chi connectivity index (χ4n) is 2.95. The van der Waals surface area contributed by atoms with E-state index in [1.54, 1.807) is 18.5 Å². The fourth-order valence-corrected chi connectivity index (χ4v) is 2.95. The Hall–Kier alpha value is -2.35. The molecule has 0 spiro atoms. The molecule has 2 heterocycles. The first-order valence-corrected chi connectivity index (χ1v) is 8.46. The van der Waals surface area contributed by atoms with Crippen LogP contribution in [0.3, 0.4) is 0 Å².